The highest BCUT2D eigenvalue weighted by atomic mass is 15.2. The third-order valence-electron chi connectivity index (χ3n) is 2.77. The van der Waals surface area contributed by atoms with Crippen molar-refractivity contribution in [2.24, 2.45) is 0 Å². The molecule has 0 bridgehead atoms. The fourth-order valence-corrected chi connectivity index (χ4v) is 1.83. The molecule has 0 spiro atoms. The molecule has 1 aromatic heterocycles. The molecule has 1 aromatic carbocycles. The van der Waals surface area contributed by atoms with E-state index in [4.69, 9.17) is 5.73 Å². The van der Waals surface area contributed by atoms with Gasteiger partial charge in [0.1, 0.15) is 5.82 Å². The lowest BCUT2D eigenvalue weighted by Gasteiger charge is -2.27. The predicted molar refractivity (Wildman–Crippen MR) is 74.2 cm³/mol. The Balaban J connectivity index is 2.24. The smallest absolute Gasteiger partial charge is 0.221 e. The van der Waals surface area contributed by atoms with Gasteiger partial charge in [0.05, 0.1) is 0 Å². The van der Waals surface area contributed by atoms with Crippen LogP contribution in [0.4, 0.5) is 11.8 Å². The van der Waals surface area contributed by atoms with Crippen LogP contribution in [0, 0.1) is 0 Å². The molecule has 0 fully saturated rings. The molecule has 0 aliphatic heterocycles. The molecule has 0 amide bonds. The van der Waals surface area contributed by atoms with Crippen molar-refractivity contribution in [2.45, 2.75) is 26.4 Å². The summed E-state index contributed by atoms with van der Waals surface area (Å²) < 4.78 is 0. The molecule has 2 N–H and O–H groups in total. The molecule has 0 unspecified atom stereocenters. The Bertz CT molecular complexity index is 496. The first-order valence-electron chi connectivity index (χ1n) is 6.06. The van der Waals surface area contributed by atoms with Crippen LogP contribution in [-0.2, 0) is 6.54 Å². The van der Waals surface area contributed by atoms with Crippen molar-refractivity contribution in [3.05, 3.63) is 48.2 Å². The van der Waals surface area contributed by atoms with Crippen LogP contribution < -0.4 is 10.6 Å². The van der Waals surface area contributed by atoms with Crippen LogP contribution in [0.1, 0.15) is 19.4 Å². The zero-order valence-corrected chi connectivity index (χ0v) is 10.7. The van der Waals surface area contributed by atoms with Gasteiger partial charge < -0.3 is 10.6 Å². The van der Waals surface area contributed by atoms with Crippen LogP contribution in [-0.4, -0.2) is 16.0 Å². The summed E-state index contributed by atoms with van der Waals surface area (Å²) in [7, 11) is 0. The van der Waals surface area contributed by atoms with E-state index in [0.29, 0.717) is 12.0 Å². The van der Waals surface area contributed by atoms with Gasteiger partial charge in [0, 0.05) is 18.8 Å². The van der Waals surface area contributed by atoms with Crippen molar-refractivity contribution in [1.29, 1.82) is 0 Å². The van der Waals surface area contributed by atoms with Gasteiger partial charge in [-0.2, -0.15) is 4.98 Å². The van der Waals surface area contributed by atoms with Gasteiger partial charge in [0.15, 0.2) is 0 Å². The van der Waals surface area contributed by atoms with E-state index in [1.165, 1.54) is 5.56 Å². The number of nitrogens with zero attached hydrogens (tertiary/aromatic N) is 3. The third-order valence-corrected chi connectivity index (χ3v) is 2.77. The minimum absolute atomic E-state index is 0.311. The van der Waals surface area contributed by atoms with E-state index < -0.39 is 0 Å². The van der Waals surface area contributed by atoms with Gasteiger partial charge in [0.2, 0.25) is 5.95 Å². The van der Waals surface area contributed by atoms with E-state index in [9.17, 15) is 0 Å². The Kier molecular flexibility index (Phi) is 3.77. The van der Waals surface area contributed by atoms with Crippen LogP contribution in [0.15, 0.2) is 42.6 Å². The minimum Gasteiger partial charge on any atom is -0.368 e. The molecule has 2 rings (SSSR count). The van der Waals surface area contributed by atoms with E-state index in [1.54, 1.807) is 6.20 Å². The quantitative estimate of drug-likeness (QED) is 0.894. The van der Waals surface area contributed by atoms with Crippen molar-refractivity contribution >= 4 is 11.8 Å². The number of hydrogen-bond acceptors (Lipinski definition) is 4. The summed E-state index contributed by atoms with van der Waals surface area (Å²) >= 11 is 0. The monoisotopic (exact) mass is 242 g/mol. The summed E-state index contributed by atoms with van der Waals surface area (Å²) in [6, 6.07) is 12.6. The zero-order chi connectivity index (χ0) is 13.0. The van der Waals surface area contributed by atoms with Gasteiger partial charge in [-0.1, -0.05) is 30.3 Å². The Morgan fingerprint density at radius 1 is 1.17 bits per heavy atom. The molecule has 18 heavy (non-hydrogen) atoms. The fourth-order valence-electron chi connectivity index (χ4n) is 1.83. The summed E-state index contributed by atoms with van der Waals surface area (Å²) in [5.41, 5.74) is 6.89. The average molecular weight is 242 g/mol. The first-order chi connectivity index (χ1) is 8.66. The summed E-state index contributed by atoms with van der Waals surface area (Å²) in [6.45, 7) is 5.09. The summed E-state index contributed by atoms with van der Waals surface area (Å²) in [4.78, 5) is 10.4. The number of anilines is 2. The third kappa shape index (κ3) is 2.97. The highest BCUT2D eigenvalue weighted by Crippen LogP contribution is 2.17. The molecule has 94 valence electrons. The molecule has 0 aliphatic carbocycles. The first-order valence-corrected chi connectivity index (χ1v) is 6.06. The molecule has 0 radical (unpaired) electrons. The van der Waals surface area contributed by atoms with Gasteiger partial charge in [0.25, 0.3) is 0 Å². The molecular weight excluding hydrogens is 224 g/mol. The van der Waals surface area contributed by atoms with Gasteiger partial charge in [-0.05, 0) is 25.5 Å². The van der Waals surface area contributed by atoms with E-state index in [0.717, 1.165) is 12.4 Å². The largest absolute Gasteiger partial charge is 0.368 e. The number of rotatable bonds is 4. The second kappa shape index (κ2) is 5.49. The maximum atomic E-state index is 5.64. The average Bonchev–Trinajstić information content (AvgIpc) is 2.37. The SMILES string of the molecule is CC(C)N(Cc1ccccc1)c1ccnc(N)n1. The number of hydrogen-bond donors (Lipinski definition) is 1. The highest BCUT2D eigenvalue weighted by Gasteiger charge is 2.12. The van der Waals surface area contributed by atoms with Crippen molar-refractivity contribution in [3.8, 4) is 0 Å². The van der Waals surface area contributed by atoms with Crippen molar-refractivity contribution < 1.29 is 0 Å². The Labute approximate surface area is 107 Å². The standard InChI is InChI=1S/C14H18N4/c1-11(2)18(10-12-6-4-3-5-7-12)13-8-9-16-14(15)17-13/h3-9,11H,10H2,1-2H3,(H2,15,16,17). The van der Waals surface area contributed by atoms with Crippen molar-refractivity contribution in [1.82, 2.24) is 9.97 Å². The number of aromatic nitrogens is 2. The first kappa shape index (κ1) is 12.4. The highest BCUT2D eigenvalue weighted by molar-refractivity contribution is 5.42. The summed E-state index contributed by atoms with van der Waals surface area (Å²) in [6.07, 6.45) is 1.69. The molecule has 4 nitrogen and oxygen atoms in total. The number of nitrogens with two attached hydrogens (primary N) is 1. The molecule has 0 atom stereocenters. The van der Waals surface area contributed by atoms with Crippen molar-refractivity contribution in [3.63, 3.8) is 0 Å². The van der Waals surface area contributed by atoms with Crippen LogP contribution in [0.25, 0.3) is 0 Å². The summed E-state index contributed by atoms with van der Waals surface area (Å²) in [5, 5.41) is 0. The maximum Gasteiger partial charge on any atom is 0.221 e. The lowest BCUT2D eigenvalue weighted by atomic mass is 10.2. The fraction of sp³-hybridized carbons (Fsp3) is 0.286. The predicted octanol–water partition coefficient (Wildman–Crippen LogP) is 2.47. The molecule has 2 aromatic rings. The Morgan fingerprint density at radius 3 is 2.50 bits per heavy atom. The van der Waals surface area contributed by atoms with E-state index in [-0.39, 0.29) is 0 Å². The molecule has 4 heteroatoms. The molecule has 0 aliphatic rings. The molecular formula is C14H18N4. The normalized spacial score (nSPS) is 10.6. The van der Waals surface area contributed by atoms with E-state index >= 15 is 0 Å². The Hall–Kier alpha value is -2.10. The topological polar surface area (TPSA) is 55.0 Å². The molecule has 1 heterocycles. The van der Waals surface area contributed by atoms with Crippen LogP contribution in [0.5, 0.6) is 0 Å². The van der Waals surface area contributed by atoms with Crippen LogP contribution in [0.2, 0.25) is 0 Å². The number of benzene rings is 1. The Morgan fingerprint density at radius 2 is 1.89 bits per heavy atom. The van der Waals surface area contributed by atoms with Crippen LogP contribution >= 0.6 is 0 Å². The molecule has 0 saturated heterocycles. The van der Waals surface area contributed by atoms with Crippen molar-refractivity contribution in [2.75, 3.05) is 10.6 Å². The van der Waals surface area contributed by atoms with Gasteiger partial charge in [-0.25, -0.2) is 4.98 Å². The zero-order valence-electron chi connectivity index (χ0n) is 10.7. The second-order valence-corrected chi connectivity index (χ2v) is 4.48. The van der Waals surface area contributed by atoms with Gasteiger partial charge in [-0.15, -0.1) is 0 Å². The van der Waals surface area contributed by atoms with Gasteiger partial charge in [-0.3, -0.25) is 0 Å². The second-order valence-electron chi connectivity index (χ2n) is 4.48. The molecule has 0 saturated carbocycles. The lowest BCUT2D eigenvalue weighted by Crippen LogP contribution is -2.31. The lowest BCUT2D eigenvalue weighted by molar-refractivity contribution is 0.672. The maximum absolute atomic E-state index is 5.64. The van der Waals surface area contributed by atoms with E-state index in [2.05, 4.69) is 40.8 Å². The van der Waals surface area contributed by atoms with Crippen LogP contribution in [0.3, 0.4) is 0 Å². The minimum atomic E-state index is 0.311. The summed E-state index contributed by atoms with van der Waals surface area (Å²) in [5.74, 6) is 1.17. The van der Waals surface area contributed by atoms with Gasteiger partial charge >= 0.3 is 0 Å². The number of nitrogen functional groups attached to an aromatic ring is 1. The van der Waals surface area contributed by atoms with E-state index in [1.807, 2.05) is 24.3 Å².